The van der Waals surface area contributed by atoms with Gasteiger partial charge in [0.25, 0.3) is 0 Å². The van der Waals surface area contributed by atoms with Gasteiger partial charge in [-0.05, 0) is 39.7 Å². The van der Waals surface area contributed by atoms with Crippen molar-refractivity contribution in [3.8, 4) is 0 Å². The molecule has 0 aromatic heterocycles. The lowest BCUT2D eigenvalue weighted by molar-refractivity contribution is 0.0587. The molecule has 0 aromatic carbocycles. The highest BCUT2D eigenvalue weighted by Crippen LogP contribution is 2.24. The molecule has 0 radical (unpaired) electrons. The van der Waals surface area contributed by atoms with Crippen molar-refractivity contribution in [2.45, 2.75) is 64.6 Å². The Hall–Kier alpha value is -0.120. The summed E-state index contributed by atoms with van der Waals surface area (Å²) in [6.45, 7) is 13.1. The molecule has 1 aliphatic carbocycles. The average molecular weight is 253 g/mol. The molecule has 3 nitrogen and oxygen atoms in total. The largest absolute Gasteiger partial charge is 0.314 e. The van der Waals surface area contributed by atoms with Crippen molar-refractivity contribution in [2.75, 3.05) is 32.7 Å². The zero-order valence-corrected chi connectivity index (χ0v) is 12.5. The predicted octanol–water partition coefficient (Wildman–Crippen LogP) is 1.93. The monoisotopic (exact) mass is 253 g/mol. The van der Waals surface area contributed by atoms with Crippen LogP contribution in [0.5, 0.6) is 0 Å². The molecule has 1 saturated carbocycles. The van der Waals surface area contributed by atoms with Gasteiger partial charge < -0.3 is 5.32 Å². The molecule has 2 atom stereocenters. The third kappa shape index (κ3) is 3.69. The first-order chi connectivity index (χ1) is 8.70. The Bertz CT molecular complexity index is 232. The van der Waals surface area contributed by atoms with Crippen LogP contribution in [0.3, 0.4) is 0 Å². The second kappa shape index (κ2) is 6.88. The summed E-state index contributed by atoms with van der Waals surface area (Å²) in [5.41, 5.74) is 0. The molecule has 0 amide bonds. The molecule has 2 rings (SSSR count). The van der Waals surface area contributed by atoms with Gasteiger partial charge in [-0.15, -0.1) is 0 Å². The van der Waals surface area contributed by atoms with Gasteiger partial charge in [-0.25, -0.2) is 0 Å². The van der Waals surface area contributed by atoms with E-state index in [1.54, 1.807) is 0 Å². The number of hydrogen-bond acceptors (Lipinski definition) is 3. The normalized spacial score (nSPS) is 32.0. The fourth-order valence-electron chi connectivity index (χ4n) is 3.59. The Morgan fingerprint density at radius 1 is 1.11 bits per heavy atom. The minimum Gasteiger partial charge on any atom is -0.314 e. The first-order valence-electron chi connectivity index (χ1n) is 7.92. The number of rotatable bonds is 4. The quantitative estimate of drug-likeness (QED) is 0.826. The van der Waals surface area contributed by atoms with Crippen LogP contribution in [0.4, 0.5) is 0 Å². The number of nitrogens with zero attached hydrogens (tertiary/aromatic N) is 2. The van der Waals surface area contributed by atoms with Crippen LogP contribution in [-0.4, -0.2) is 60.6 Å². The summed E-state index contributed by atoms with van der Waals surface area (Å²) in [5.74, 6) is 0. The van der Waals surface area contributed by atoms with Crippen LogP contribution in [0.1, 0.15) is 46.5 Å². The third-order valence-electron chi connectivity index (χ3n) is 4.73. The van der Waals surface area contributed by atoms with E-state index < -0.39 is 0 Å². The minimum absolute atomic E-state index is 0.716. The Kier molecular flexibility index (Phi) is 5.46. The van der Waals surface area contributed by atoms with Crippen molar-refractivity contribution in [1.29, 1.82) is 0 Å². The molecule has 3 heteroatoms. The van der Waals surface area contributed by atoms with Gasteiger partial charge in [0.2, 0.25) is 0 Å². The molecule has 0 unspecified atom stereocenters. The van der Waals surface area contributed by atoms with E-state index in [1.807, 2.05) is 0 Å². The zero-order chi connectivity index (χ0) is 13.0. The summed E-state index contributed by atoms with van der Waals surface area (Å²) in [6, 6.07) is 2.34. The van der Waals surface area contributed by atoms with Gasteiger partial charge >= 0.3 is 0 Å². The summed E-state index contributed by atoms with van der Waals surface area (Å²) in [5, 5.41) is 3.64. The maximum atomic E-state index is 3.64. The van der Waals surface area contributed by atoms with Crippen molar-refractivity contribution in [3.63, 3.8) is 0 Å². The van der Waals surface area contributed by atoms with Gasteiger partial charge in [-0.2, -0.15) is 0 Å². The topological polar surface area (TPSA) is 18.5 Å². The Morgan fingerprint density at radius 3 is 2.44 bits per heavy atom. The molecule has 1 saturated heterocycles. The van der Waals surface area contributed by atoms with E-state index in [1.165, 1.54) is 51.9 Å². The van der Waals surface area contributed by atoms with Crippen molar-refractivity contribution in [1.82, 2.24) is 15.1 Å². The van der Waals surface area contributed by atoms with Crippen LogP contribution in [0.15, 0.2) is 0 Å². The molecular formula is C15H31N3. The first-order valence-corrected chi connectivity index (χ1v) is 7.92. The summed E-state index contributed by atoms with van der Waals surface area (Å²) in [6.07, 6.45) is 5.59. The summed E-state index contributed by atoms with van der Waals surface area (Å²) in [4.78, 5) is 5.36. The molecule has 18 heavy (non-hydrogen) atoms. The Morgan fingerprint density at radius 2 is 1.83 bits per heavy atom. The highest BCUT2D eigenvalue weighted by atomic mass is 15.3. The fraction of sp³-hybridized carbons (Fsp3) is 1.00. The second-order valence-electron chi connectivity index (χ2n) is 6.24. The van der Waals surface area contributed by atoms with Gasteiger partial charge in [-0.3, -0.25) is 9.80 Å². The Balaban J connectivity index is 1.78. The molecule has 0 aromatic rings. The van der Waals surface area contributed by atoms with Crippen LogP contribution in [-0.2, 0) is 0 Å². The maximum Gasteiger partial charge on any atom is 0.0113 e. The van der Waals surface area contributed by atoms with Crippen LogP contribution >= 0.6 is 0 Å². The highest BCUT2D eigenvalue weighted by molar-refractivity contribution is 4.86. The molecule has 1 N–H and O–H groups in total. The van der Waals surface area contributed by atoms with Crippen molar-refractivity contribution in [2.24, 2.45) is 0 Å². The lowest BCUT2D eigenvalue weighted by Gasteiger charge is -2.43. The molecule has 1 heterocycles. The molecule has 2 aliphatic rings. The summed E-state index contributed by atoms with van der Waals surface area (Å²) < 4.78 is 0. The second-order valence-corrected chi connectivity index (χ2v) is 6.24. The summed E-state index contributed by atoms with van der Waals surface area (Å²) in [7, 11) is 0. The molecule has 106 valence electrons. The highest BCUT2D eigenvalue weighted by Gasteiger charge is 2.29. The van der Waals surface area contributed by atoms with E-state index in [0.29, 0.717) is 6.04 Å². The first kappa shape index (κ1) is 14.3. The van der Waals surface area contributed by atoms with E-state index in [4.69, 9.17) is 0 Å². The standard InChI is InChI=1S/C15H31N3/c1-4-16-14-6-5-7-15(12-14)18-10-8-17(9-11-18)13(2)3/h13-16H,4-12H2,1-3H3/t14-,15-/m0/s1. The van der Waals surface area contributed by atoms with E-state index >= 15 is 0 Å². The molecule has 1 aliphatic heterocycles. The van der Waals surface area contributed by atoms with Crippen LogP contribution < -0.4 is 5.32 Å². The van der Waals surface area contributed by atoms with Crippen LogP contribution in [0, 0.1) is 0 Å². The smallest absolute Gasteiger partial charge is 0.0113 e. The van der Waals surface area contributed by atoms with E-state index in [0.717, 1.165) is 18.6 Å². The minimum atomic E-state index is 0.716. The van der Waals surface area contributed by atoms with Gasteiger partial charge in [0.05, 0.1) is 0 Å². The number of piperazine rings is 1. The summed E-state index contributed by atoms with van der Waals surface area (Å²) >= 11 is 0. The fourth-order valence-corrected chi connectivity index (χ4v) is 3.59. The predicted molar refractivity (Wildman–Crippen MR) is 78.0 cm³/mol. The van der Waals surface area contributed by atoms with Crippen molar-refractivity contribution in [3.05, 3.63) is 0 Å². The van der Waals surface area contributed by atoms with Crippen molar-refractivity contribution >= 4 is 0 Å². The van der Waals surface area contributed by atoms with E-state index in [9.17, 15) is 0 Å². The van der Waals surface area contributed by atoms with Crippen LogP contribution in [0.2, 0.25) is 0 Å². The number of nitrogens with one attached hydrogen (secondary N) is 1. The van der Waals surface area contributed by atoms with Gasteiger partial charge in [0, 0.05) is 44.3 Å². The van der Waals surface area contributed by atoms with Crippen LogP contribution in [0.25, 0.3) is 0 Å². The van der Waals surface area contributed by atoms with E-state index in [-0.39, 0.29) is 0 Å². The van der Waals surface area contributed by atoms with Gasteiger partial charge in [-0.1, -0.05) is 13.3 Å². The molecule has 2 fully saturated rings. The Labute approximate surface area is 113 Å². The SMILES string of the molecule is CCN[C@H]1CCC[C@H](N2CCN(C(C)C)CC2)C1. The zero-order valence-electron chi connectivity index (χ0n) is 12.5. The van der Waals surface area contributed by atoms with Crippen molar-refractivity contribution < 1.29 is 0 Å². The molecular weight excluding hydrogens is 222 g/mol. The van der Waals surface area contributed by atoms with Gasteiger partial charge in [0.1, 0.15) is 0 Å². The molecule has 0 spiro atoms. The lowest BCUT2D eigenvalue weighted by Crippen LogP contribution is -2.54. The number of hydrogen-bond donors (Lipinski definition) is 1. The molecule has 0 bridgehead atoms. The third-order valence-corrected chi connectivity index (χ3v) is 4.73. The van der Waals surface area contributed by atoms with Gasteiger partial charge in [0.15, 0.2) is 0 Å². The lowest BCUT2D eigenvalue weighted by atomic mass is 9.89. The maximum absolute atomic E-state index is 3.64. The average Bonchev–Trinajstić information content (AvgIpc) is 2.39. The van der Waals surface area contributed by atoms with E-state index in [2.05, 4.69) is 35.9 Å².